The number of ether oxygens (including phenoxy) is 1. The average Bonchev–Trinajstić information content (AvgIpc) is 3.30. The smallest absolute Gasteiger partial charge is 0.417 e. The molecule has 0 aromatic heterocycles. The van der Waals surface area contributed by atoms with Gasteiger partial charge in [0.25, 0.3) is 14.2 Å². The summed E-state index contributed by atoms with van der Waals surface area (Å²) in [5.74, 6) is -0.925. The first kappa shape index (κ1) is 28.1. The Bertz CT molecular complexity index is 1120. The van der Waals surface area contributed by atoms with Crippen LogP contribution in [0.5, 0.6) is 0 Å². The summed E-state index contributed by atoms with van der Waals surface area (Å²) >= 11 is 0. The molecule has 198 valence electrons. The number of allylic oxidation sites excluding steroid dienone is 1. The summed E-state index contributed by atoms with van der Waals surface area (Å²) in [5, 5.41) is 11.5. The van der Waals surface area contributed by atoms with Gasteiger partial charge in [0.05, 0.1) is 5.92 Å². The van der Waals surface area contributed by atoms with Gasteiger partial charge < -0.3 is 9.16 Å². The standard InChI is InChI=1S/C28H36N2O6Si/c1-5-37(6-2,7-3)36-26(18-17-23(19-29(33)34)24-16-12-11-13-21(24)4)27(31)30-25(20-35-28(30)32)22-14-9-8-10-15-22/h8-16,18,23,25H,5-7,17,19-20H2,1-4H3/b26-18-/t23-,25+/m1/s1. The molecule has 0 N–H and O–H groups in total. The molecule has 0 bridgehead atoms. The molecule has 2 aromatic carbocycles. The van der Waals surface area contributed by atoms with E-state index in [4.69, 9.17) is 9.16 Å². The van der Waals surface area contributed by atoms with Gasteiger partial charge in [0.1, 0.15) is 12.6 Å². The molecule has 0 spiro atoms. The normalized spacial score (nSPS) is 16.9. The maximum atomic E-state index is 13.9. The minimum absolute atomic E-state index is 0.0624. The Labute approximate surface area is 219 Å². The largest absolute Gasteiger partial charge is 0.540 e. The number of imide groups is 1. The van der Waals surface area contributed by atoms with Gasteiger partial charge >= 0.3 is 6.09 Å². The Morgan fingerprint density at radius 1 is 1.14 bits per heavy atom. The Morgan fingerprint density at radius 3 is 2.35 bits per heavy atom. The third kappa shape index (κ3) is 6.65. The van der Waals surface area contributed by atoms with Gasteiger partial charge in [-0.05, 0) is 54.2 Å². The van der Waals surface area contributed by atoms with Gasteiger partial charge in [-0.3, -0.25) is 14.9 Å². The van der Waals surface area contributed by atoms with Crippen molar-refractivity contribution in [3.05, 3.63) is 93.2 Å². The minimum Gasteiger partial charge on any atom is -0.540 e. The van der Waals surface area contributed by atoms with Crippen LogP contribution in [0.2, 0.25) is 18.1 Å². The highest BCUT2D eigenvalue weighted by atomic mass is 28.4. The second kappa shape index (κ2) is 12.7. The predicted octanol–water partition coefficient (Wildman–Crippen LogP) is 6.37. The lowest BCUT2D eigenvalue weighted by atomic mass is 9.92. The molecule has 1 heterocycles. The Morgan fingerprint density at radius 2 is 1.76 bits per heavy atom. The molecule has 1 fully saturated rings. The van der Waals surface area contributed by atoms with Gasteiger partial charge in [-0.15, -0.1) is 0 Å². The molecule has 0 saturated carbocycles. The van der Waals surface area contributed by atoms with Crippen molar-refractivity contribution in [1.82, 2.24) is 4.90 Å². The summed E-state index contributed by atoms with van der Waals surface area (Å²) in [7, 11) is -2.31. The van der Waals surface area contributed by atoms with Crippen molar-refractivity contribution in [2.24, 2.45) is 0 Å². The molecule has 3 rings (SSSR count). The van der Waals surface area contributed by atoms with Gasteiger partial charge in [0.15, 0.2) is 5.76 Å². The number of rotatable bonds is 12. The number of carbonyl (C=O) groups is 2. The highest BCUT2D eigenvalue weighted by Gasteiger charge is 2.43. The number of hydrogen-bond acceptors (Lipinski definition) is 6. The number of nitro groups is 1. The highest BCUT2D eigenvalue weighted by Crippen LogP contribution is 2.33. The van der Waals surface area contributed by atoms with Crippen molar-refractivity contribution in [3.63, 3.8) is 0 Å². The maximum Gasteiger partial charge on any atom is 0.417 e. The van der Waals surface area contributed by atoms with Crippen LogP contribution in [0, 0.1) is 17.0 Å². The van der Waals surface area contributed by atoms with E-state index < -0.39 is 32.3 Å². The van der Waals surface area contributed by atoms with Crippen LogP contribution < -0.4 is 0 Å². The van der Waals surface area contributed by atoms with Crippen LogP contribution in [-0.4, -0.2) is 43.3 Å². The molecule has 2 amide bonds. The second-order valence-electron chi connectivity index (χ2n) is 9.40. The molecule has 8 nitrogen and oxygen atoms in total. The van der Waals surface area contributed by atoms with E-state index in [0.717, 1.165) is 39.7 Å². The summed E-state index contributed by atoms with van der Waals surface area (Å²) in [5.41, 5.74) is 2.59. The molecule has 0 radical (unpaired) electrons. The SMILES string of the molecule is CC[Si](CC)(CC)O/C(=C\C[C@H](C[N+](=O)[O-])c1ccccc1C)C(=O)N1C(=O)OC[C@H]1c1ccccc1. The molecule has 0 unspecified atom stereocenters. The summed E-state index contributed by atoms with van der Waals surface area (Å²) in [6.07, 6.45) is 1.16. The molecule has 37 heavy (non-hydrogen) atoms. The number of nitrogens with zero attached hydrogens (tertiary/aromatic N) is 2. The summed E-state index contributed by atoms with van der Waals surface area (Å²) in [6, 6.07) is 18.6. The van der Waals surface area contributed by atoms with Crippen molar-refractivity contribution in [2.45, 2.75) is 64.2 Å². The lowest BCUT2D eigenvalue weighted by molar-refractivity contribution is -0.483. The molecule has 2 aromatic rings. The number of carbonyl (C=O) groups excluding carboxylic acids is 2. The lowest BCUT2D eigenvalue weighted by Gasteiger charge is -2.31. The third-order valence-electron chi connectivity index (χ3n) is 7.33. The van der Waals surface area contributed by atoms with E-state index in [-0.39, 0.29) is 30.3 Å². The predicted molar refractivity (Wildman–Crippen MR) is 144 cm³/mol. The third-order valence-corrected chi connectivity index (χ3v) is 11.9. The first-order valence-corrected chi connectivity index (χ1v) is 15.4. The van der Waals surface area contributed by atoms with E-state index >= 15 is 0 Å². The van der Waals surface area contributed by atoms with Crippen molar-refractivity contribution < 1.29 is 23.7 Å². The van der Waals surface area contributed by atoms with Crippen molar-refractivity contribution >= 4 is 20.3 Å². The zero-order valence-electron chi connectivity index (χ0n) is 22.0. The molecule has 2 atom stereocenters. The molecular weight excluding hydrogens is 488 g/mol. The quantitative estimate of drug-likeness (QED) is 0.105. The molecule has 0 aliphatic carbocycles. The number of benzene rings is 2. The second-order valence-corrected chi connectivity index (χ2v) is 14.1. The van der Waals surface area contributed by atoms with E-state index in [1.54, 1.807) is 6.08 Å². The highest BCUT2D eigenvalue weighted by molar-refractivity contribution is 6.74. The van der Waals surface area contributed by atoms with Crippen molar-refractivity contribution in [3.8, 4) is 0 Å². The number of cyclic esters (lactones) is 1. The number of aryl methyl sites for hydroxylation is 1. The van der Waals surface area contributed by atoms with Gasteiger partial charge in [-0.1, -0.05) is 75.4 Å². The molecular formula is C28H36N2O6Si. The first-order chi connectivity index (χ1) is 17.7. The molecule has 1 aliphatic heterocycles. The summed E-state index contributed by atoms with van der Waals surface area (Å²) in [6.45, 7) is 7.87. The zero-order chi connectivity index (χ0) is 27.0. The summed E-state index contributed by atoms with van der Waals surface area (Å²) < 4.78 is 11.8. The topological polar surface area (TPSA) is 99.0 Å². The molecule has 1 aliphatic rings. The number of amides is 2. The molecule has 1 saturated heterocycles. The maximum absolute atomic E-state index is 13.9. The number of hydrogen-bond donors (Lipinski definition) is 0. The lowest BCUT2D eigenvalue weighted by Crippen LogP contribution is -2.41. The van der Waals surface area contributed by atoms with E-state index in [1.165, 1.54) is 0 Å². The van der Waals surface area contributed by atoms with Crippen molar-refractivity contribution in [2.75, 3.05) is 13.2 Å². The van der Waals surface area contributed by atoms with Crippen LogP contribution in [0.4, 0.5) is 4.79 Å². The van der Waals surface area contributed by atoms with Gasteiger partial charge in [-0.2, -0.15) is 0 Å². The monoisotopic (exact) mass is 524 g/mol. The van der Waals surface area contributed by atoms with Crippen LogP contribution in [-0.2, 0) is 14.0 Å². The minimum atomic E-state index is -2.31. The van der Waals surface area contributed by atoms with Crippen LogP contribution >= 0.6 is 0 Å². The van der Waals surface area contributed by atoms with Gasteiger partial charge in [-0.25, -0.2) is 9.69 Å². The van der Waals surface area contributed by atoms with E-state index in [0.29, 0.717) is 0 Å². The fourth-order valence-electron chi connectivity index (χ4n) is 4.83. The fraction of sp³-hybridized carbons (Fsp3) is 0.429. The van der Waals surface area contributed by atoms with E-state index in [1.807, 2.05) is 61.5 Å². The van der Waals surface area contributed by atoms with Crippen LogP contribution in [0.15, 0.2) is 66.4 Å². The Hall–Kier alpha value is -3.46. The average molecular weight is 525 g/mol. The fourth-order valence-corrected chi connectivity index (χ4v) is 7.40. The van der Waals surface area contributed by atoms with Gasteiger partial charge in [0, 0.05) is 4.92 Å². The molecule has 9 heteroatoms. The Kier molecular flexibility index (Phi) is 9.63. The van der Waals surface area contributed by atoms with Crippen LogP contribution in [0.25, 0.3) is 0 Å². The Balaban J connectivity index is 2.02. The van der Waals surface area contributed by atoms with E-state index in [9.17, 15) is 19.7 Å². The van der Waals surface area contributed by atoms with Gasteiger partial charge in [0.2, 0.25) is 6.54 Å². The first-order valence-electron chi connectivity index (χ1n) is 12.9. The summed E-state index contributed by atoms with van der Waals surface area (Å²) in [4.78, 5) is 39.0. The van der Waals surface area contributed by atoms with Crippen LogP contribution in [0.1, 0.15) is 55.8 Å². The zero-order valence-corrected chi connectivity index (χ0v) is 23.0. The van der Waals surface area contributed by atoms with Crippen LogP contribution in [0.3, 0.4) is 0 Å². The van der Waals surface area contributed by atoms with E-state index in [2.05, 4.69) is 20.8 Å². The van der Waals surface area contributed by atoms with Crippen molar-refractivity contribution in [1.29, 1.82) is 0 Å².